The first-order valence-corrected chi connectivity index (χ1v) is 6.26. The van der Waals surface area contributed by atoms with Gasteiger partial charge in [-0.2, -0.15) is 0 Å². The molecule has 106 valence electrons. The van der Waals surface area contributed by atoms with Crippen LogP contribution < -0.4 is 26.3 Å². The van der Waals surface area contributed by atoms with Gasteiger partial charge in [0.2, 0.25) is 0 Å². The number of methoxy groups -OCH3 is 1. The Morgan fingerprint density at radius 1 is 1.37 bits per heavy atom. The van der Waals surface area contributed by atoms with Crippen LogP contribution in [0.3, 0.4) is 0 Å². The van der Waals surface area contributed by atoms with Crippen molar-refractivity contribution in [1.82, 2.24) is 5.32 Å². The van der Waals surface area contributed by atoms with E-state index >= 15 is 0 Å². The predicted octanol–water partition coefficient (Wildman–Crippen LogP) is 1.01. The minimum Gasteiger partial charge on any atom is -0.473 e. The van der Waals surface area contributed by atoms with Gasteiger partial charge in [0.25, 0.3) is 0 Å². The van der Waals surface area contributed by atoms with Gasteiger partial charge < -0.3 is 25.7 Å². The molecule has 1 aliphatic heterocycles. The molecule has 5 N–H and O–H groups in total. The molecule has 1 atom stereocenters. The number of nitrogens with two attached hydrogens (primary N) is 2. The Balaban J connectivity index is 2.44. The van der Waals surface area contributed by atoms with Gasteiger partial charge in [0, 0.05) is 24.7 Å². The largest absolute Gasteiger partial charge is 0.473 e. The first-order chi connectivity index (χ1) is 9.10. The summed E-state index contributed by atoms with van der Waals surface area (Å²) in [4.78, 5) is 0. The van der Waals surface area contributed by atoms with Crippen LogP contribution in [0.2, 0.25) is 0 Å². The summed E-state index contributed by atoms with van der Waals surface area (Å²) in [5, 5.41) is 3.09. The molecule has 6 heteroatoms. The zero-order valence-corrected chi connectivity index (χ0v) is 11.6. The van der Waals surface area contributed by atoms with Crippen molar-refractivity contribution in [2.45, 2.75) is 26.0 Å². The number of hydrogen-bond acceptors (Lipinski definition) is 6. The average Bonchev–Trinajstić information content (AvgIpc) is 2.44. The van der Waals surface area contributed by atoms with E-state index in [2.05, 4.69) is 5.32 Å². The van der Waals surface area contributed by atoms with Crippen molar-refractivity contribution < 1.29 is 14.2 Å². The quantitative estimate of drug-likeness (QED) is 0.557. The number of hydrogen-bond donors (Lipinski definition) is 3. The van der Waals surface area contributed by atoms with E-state index in [1.54, 1.807) is 7.11 Å². The Kier molecular flexibility index (Phi) is 4.01. The zero-order chi connectivity index (χ0) is 14.0. The van der Waals surface area contributed by atoms with Gasteiger partial charge in [0.15, 0.2) is 12.5 Å². The highest BCUT2D eigenvalue weighted by Gasteiger charge is 2.27. The molecule has 1 unspecified atom stereocenters. The van der Waals surface area contributed by atoms with Crippen molar-refractivity contribution in [2.24, 2.45) is 0 Å². The molecular weight excluding hydrogens is 246 g/mol. The van der Waals surface area contributed by atoms with E-state index < -0.39 is 0 Å². The number of fused-ring (bicyclic) bond motifs is 1. The molecule has 0 saturated heterocycles. The van der Waals surface area contributed by atoms with Gasteiger partial charge in [0.1, 0.15) is 23.4 Å². The number of anilines is 2. The molecule has 0 aromatic heterocycles. The maximum atomic E-state index is 6.06. The lowest BCUT2D eigenvalue weighted by Gasteiger charge is -2.29. The van der Waals surface area contributed by atoms with Crippen LogP contribution in [0.15, 0.2) is 0 Å². The highest BCUT2D eigenvalue weighted by molar-refractivity contribution is 5.81. The maximum Gasteiger partial charge on any atom is 0.188 e. The third-order valence-corrected chi connectivity index (χ3v) is 3.41. The van der Waals surface area contributed by atoms with Crippen molar-refractivity contribution in [3.05, 3.63) is 11.1 Å². The van der Waals surface area contributed by atoms with Crippen LogP contribution in [0.25, 0.3) is 0 Å². The molecule has 0 amide bonds. The van der Waals surface area contributed by atoms with Crippen LogP contribution >= 0.6 is 0 Å². The van der Waals surface area contributed by atoms with Crippen LogP contribution in [0.1, 0.15) is 17.5 Å². The van der Waals surface area contributed by atoms with E-state index in [1.807, 2.05) is 14.0 Å². The molecule has 1 aromatic rings. The summed E-state index contributed by atoms with van der Waals surface area (Å²) in [5.41, 5.74) is 15.0. The zero-order valence-electron chi connectivity index (χ0n) is 11.6. The number of benzene rings is 1. The smallest absolute Gasteiger partial charge is 0.188 e. The lowest BCUT2D eigenvalue weighted by atomic mass is 9.96. The number of rotatable bonds is 4. The van der Waals surface area contributed by atoms with Crippen LogP contribution in [-0.2, 0) is 11.2 Å². The van der Waals surface area contributed by atoms with E-state index in [9.17, 15) is 0 Å². The van der Waals surface area contributed by atoms with Crippen LogP contribution in [0.4, 0.5) is 11.4 Å². The molecule has 0 saturated carbocycles. The predicted molar refractivity (Wildman–Crippen MR) is 74.3 cm³/mol. The van der Waals surface area contributed by atoms with E-state index in [-0.39, 0.29) is 13.0 Å². The fraction of sp³-hybridized carbons (Fsp3) is 0.538. The second-order valence-corrected chi connectivity index (χ2v) is 4.57. The SMILES string of the molecule is CNC1CCc2c(C)c(OCOC)c(N)c(N)c2O1. The maximum absolute atomic E-state index is 6.06. The number of nitrogen functional groups attached to an aromatic ring is 2. The number of ether oxygens (including phenoxy) is 3. The molecule has 0 fully saturated rings. The van der Waals surface area contributed by atoms with Crippen LogP contribution in [0, 0.1) is 6.92 Å². The van der Waals surface area contributed by atoms with Crippen molar-refractivity contribution in [3.8, 4) is 11.5 Å². The molecule has 6 nitrogen and oxygen atoms in total. The average molecular weight is 267 g/mol. The highest BCUT2D eigenvalue weighted by Crippen LogP contribution is 2.45. The third kappa shape index (κ3) is 2.41. The topological polar surface area (TPSA) is 91.8 Å². The van der Waals surface area contributed by atoms with Crippen molar-refractivity contribution in [1.29, 1.82) is 0 Å². The van der Waals surface area contributed by atoms with Gasteiger partial charge in [-0.25, -0.2) is 0 Å². The van der Waals surface area contributed by atoms with Crippen molar-refractivity contribution in [2.75, 3.05) is 32.4 Å². The monoisotopic (exact) mass is 267 g/mol. The number of nitrogens with one attached hydrogen (secondary N) is 1. The fourth-order valence-corrected chi connectivity index (χ4v) is 2.34. The van der Waals surface area contributed by atoms with Gasteiger partial charge in [-0.15, -0.1) is 0 Å². The summed E-state index contributed by atoms with van der Waals surface area (Å²) in [6.07, 6.45) is 1.73. The normalized spacial score (nSPS) is 17.7. The van der Waals surface area contributed by atoms with Gasteiger partial charge in [-0.05, 0) is 20.4 Å². The lowest BCUT2D eigenvalue weighted by molar-refractivity contribution is 0.0509. The first kappa shape index (κ1) is 13.8. The standard InChI is InChI=1S/C13H21N3O3/c1-7-8-4-5-9(16-2)19-13(8)11(15)10(14)12(7)18-6-17-3/h9,16H,4-6,14-15H2,1-3H3. The molecular formula is C13H21N3O3. The molecule has 1 aliphatic rings. The molecule has 0 radical (unpaired) electrons. The van der Waals surface area contributed by atoms with Crippen LogP contribution in [0.5, 0.6) is 11.5 Å². The van der Waals surface area contributed by atoms with Crippen LogP contribution in [-0.4, -0.2) is 27.2 Å². The molecule has 0 aliphatic carbocycles. The summed E-state index contributed by atoms with van der Waals surface area (Å²) >= 11 is 0. The van der Waals surface area contributed by atoms with Gasteiger partial charge >= 0.3 is 0 Å². The van der Waals surface area contributed by atoms with E-state index in [4.69, 9.17) is 25.7 Å². The summed E-state index contributed by atoms with van der Waals surface area (Å²) in [6.45, 7) is 2.10. The molecule has 0 bridgehead atoms. The summed E-state index contributed by atoms with van der Waals surface area (Å²) < 4.78 is 16.3. The molecule has 1 heterocycles. The van der Waals surface area contributed by atoms with Crippen molar-refractivity contribution in [3.63, 3.8) is 0 Å². The fourth-order valence-electron chi connectivity index (χ4n) is 2.34. The van der Waals surface area contributed by atoms with E-state index in [1.165, 1.54) is 0 Å². The molecule has 2 rings (SSSR count). The molecule has 1 aromatic carbocycles. The van der Waals surface area contributed by atoms with Crippen molar-refractivity contribution >= 4 is 11.4 Å². The second-order valence-electron chi connectivity index (χ2n) is 4.57. The summed E-state index contributed by atoms with van der Waals surface area (Å²) in [5.74, 6) is 1.26. The summed E-state index contributed by atoms with van der Waals surface area (Å²) in [7, 11) is 3.42. The highest BCUT2D eigenvalue weighted by atomic mass is 16.7. The first-order valence-electron chi connectivity index (χ1n) is 6.26. The lowest BCUT2D eigenvalue weighted by Crippen LogP contribution is -2.35. The summed E-state index contributed by atoms with van der Waals surface area (Å²) in [6, 6.07) is 0. The van der Waals surface area contributed by atoms with E-state index in [0.717, 1.165) is 24.0 Å². The minimum atomic E-state index is -0.0284. The second kappa shape index (κ2) is 5.54. The Morgan fingerprint density at radius 3 is 2.74 bits per heavy atom. The molecule has 19 heavy (non-hydrogen) atoms. The van der Waals surface area contributed by atoms with Gasteiger partial charge in [0.05, 0.1) is 0 Å². The Labute approximate surface area is 113 Å². The Bertz CT molecular complexity index is 477. The minimum absolute atomic E-state index is 0.0284. The molecule has 0 spiro atoms. The van der Waals surface area contributed by atoms with E-state index in [0.29, 0.717) is 22.9 Å². The van der Waals surface area contributed by atoms with Gasteiger partial charge in [-0.3, -0.25) is 5.32 Å². The third-order valence-electron chi connectivity index (χ3n) is 3.41. The Morgan fingerprint density at radius 2 is 2.11 bits per heavy atom. The van der Waals surface area contributed by atoms with Gasteiger partial charge in [-0.1, -0.05) is 0 Å². The Hall–Kier alpha value is -1.66.